The molecule has 0 saturated carbocycles. The molecule has 1 saturated heterocycles. The van der Waals surface area contributed by atoms with Gasteiger partial charge < -0.3 is 5.32 Å². The average Bonchev–Trinajstić information content (AvgIpc) is 2.87. The average molecular weight is 239 g/mol. The van der Waals surface area contributed by atoms with E-state index in [1.165, 1.54) is 0 Å². The molecule has 1 aliphatic rings. The number of amides is 1. The topological polar surface area (TPSA) is 57.8 Å². The number of aryl methyl sites for hydroxylation is 2. The summed E-state index contributed by atoms with van der Waals surface area (Å²) in [7, 11) is 0. The molecule has 2 N–H and O–H groups in total. The highest BCUT2D eigenvalue weighted by molar-refractivity contribution is 8.00. The Morgan fingerprint density at radius 1 is 1.62 bits per heavy atom. The summed E-state index contributed by atoms with van der Waals surface area (Å²) in [4.78, 5) is 11.8. The van der Waals surface area contributed by atoms with Crippen LogP contribution in [-0.4, -0.2) is 27.1 Å². The molecule has 0 spiro atoms. The Kier molecular flexibility index (Phi) is 3.53. The Morgan fingerprint density at radius 3 is 3.00 bits per heavy atom. The molecule has 5 heteroatoms. The zero-order chi connectivity index (χ0) is 11.5. The molecule has 0 aliphatic carbocycles. The third-order valence-corrected chi connectivity index (χ3v) is 4.32. The van der Waals surface area contributed by atoms with Crippen molar-refractivity contribution in [3.8, 4) is 0 Å². The second-order valence-electron chi connectivity index (χ2n) is 4.13. The van der Waals surface area contributed by atoms with Gasteiger partial charge in [0.2, 0.25) is 5.91 Å². The molecule has 2 rings (SSSR count). The van der Waals surface area contributed by atoms with E-state index in [2.05, 4.69) is 15.5 Å². The van der Waals surface area contributed by atoms with Crippen molar-refractivity contribution < 1.29 is 4.79 Å². The monoisotopic (exact) mass is 239 g/mol. The van der Waals surface area contributed by atoms with Crippen LogP contribution in [0.15, 0.2) is 0 Å². The van der Waals surface area contributed by atoms with Crippen LogP contribution in [0.3, 0.4) is 0 Å². The van der Waals surface area contributed by atoms with Crippen LogP contribution < -0.4 is 5.32 Å². The molecule has 1 amide bonds. The van der Waals surface area contributed by atoms with E-state index in [0.29, 0.717) is 6.54 Å². The van der Waals surface area contributed by atoms with E-state index in [-0.39, 0.29) is 11.2 Å². The van der Waals surface area contributed by atoms with Gasteiger partial charge in [0, 0.05) is 17.8 Å². The van der Waals surface area contributed by atoms with Gasteiger partial charge in [0.15, 0.2) is 0 Å². The highest BCUT2D eigenvalue weighted by Crippen LogP contribution is 2.26. The highest BCUT2D eigenvalue weighted by Gasteiger charge is 2.23. The maximum Gasteiger partial charge on any atom is 0.233 e. The third kappa shape index (κ3) is 2.40. The Bertz CT molecular complexity index is 363. The second-order valence-corrected chi connectivity index (χ2v) is 5.44. The highest BCUT2D eigenvalue weighted by atomic mass is 32.2. The summed E-state index contributed by atoms with van der Waals surface area (Å²) in [6.45, 7) is 4.52. The smallest absolute Gasteiger partial charge is 0.233 e. The van der Waals surface area contributed by atoms with Crippen LogP contribution in [0.25, 0.3) is 0 Å². The summed E-state index contributed by atoms with van der Waals surface area (Å²) in [6.07, 6.45) is 2.17. The molecule has 1 unspecified atom stereocenters. The lowest BCUT2D eigenvalue weighted by molar-refractivity contribution is -0.120. The molecule has 0 aromatic carbocycles. The third-order valence-electron chi connectivity index (χ3n) is 2.94. The molecule has 0 radical (unpaired) electrons. The minimum absolute atomic E-state index is 0.160. The zero-order valence-electron chi connectivity index (χ0n) is 9.67. The quantitative estimate of drug-likeness (QED) is 0.841. The van der Waals surface area contributed by atoms with E-state index < -0.39 is 0 Å². The molecule has 2 heterocycles. The van der Waals surface area contributed by atoms with Gasteiger partial charge in [-0.1, -0.05) is 0 Å². The van der Waals surface area contributed by atoms with Gasteiger partial charge in [-0.15, -0.1) is 11.8 Å². The molecular formula is C11H17N3OS. The number of aromatic nitrogens is 2. The number of nitrogens with zero attached hydrogens (tertiary/aromatic N) is 1. The van der Waals surface area contributed by atoms with Crippen molar-refractivity contribution in [2.45, 2.75) is 38.5 Å². The summed E-state index contributed by atoms with van der Waals surface area (Å²) in [5, 5.41) is 10.2. The molecule has 0 bridgehead atoms. The van der Waals surface area contributed by atoms with Crippen LogP contribution in [0.2, 0.25) is 0 Å². The van der Waals surface area contributed by atoms with Crippen LogP contribution in [0.5, 0.6) is 0 Å². The van der Waals surface area contributed by atoms with Crippen molar-refractivity contribution in [3.63, 3.8) is 0 Å². The number of carbonyl (C=O) groups is 1. The predicted octanol–water partition coefficient (Wildman–Crippen LogP) is 1.54. The van der Waals surface area contributed by atoms with Gasteiger partial charge in [-0.3, -0.25) is 9.89 Å². The molecule has 1 aliphatic heterocycles. The van der Waals surface area contributed by atoms with E-state index in [0.717, 1.165) is 35.5 Å². The van der Waals surface area contributed by atoms with Crippen molar-refractivity contribution in [2.75, 3.05) is 5.75 Å². The van der Waals surface area contributed by atoms with Crippen molar-refractivity contribution >= 4 is 17.7 Å². The minimum Gasteiger partial charge on any atom is -0.351 e. The number of carbonyl (C=O) groups excluding carboxylic acids is 1. The summed E-state index contributed by atoms with van der Waals surface area (Å²) < 4.78 is 0. The van der Waals surface area contributed by atoms with Crippen LogP contribution >= 0.6 is 11.8 Å². The van der Waals surface area contributed by atoms with Crippen molar-refractivity contribution in [2.24, 2.45) is 0 Å². The molecule has 4 nitrogen and oxygen atoms in total. The van der Waals surface area contributed by atoms with Crippen molar-refractivity contribution in [1.82, 2.24) is 15.5 Å². The van der Waals surface area contributed by atoms with Gasteiger partial charge in [0.1, 0.15) is 0 Å². The van der Waals surface area contributed by atoms with E-state index in [1.54, 1.807) is 11.8 Å². The van der Waals surface area contributed by atoms with E-state index in [4.69, 9.17) is 0 Å². The van der Waals surface area contributed by atoms with E-state index >= 15 is 0 Å². The molecular weight excluding hydrogens is 222 g/mol. The van der Waals surface area contributed by atoms with Crippen molar-refractivity contribution in [1.29, 1.82) is 0 Å². The molecule has 1 atom stereocenters. The van der Waals surface area contributed by atoms with Crippen LogP contribution in [0, 0.1) is 13.8 Å². The first-order valence-electron chi connectivity index (χ1n) is 5.58. The number of nitrogens with one attached hydrogen (secondary N) is 2. The summed E-state index contributed by atoms with van der Waals surface area (Å²) in [5.41, 5.74) is 3.12. The van der Waals surface area contributed by atoms with Crippen molar-refractivity contribution in [3.05, 3.63) is 17.0 Å². The first kappa shape index (κ1) is 11.5. The molecule has 1 aromatic rings. The van der Waals surface area contributed by atoms with Gasteiger partial charge in [-0.05, 0) is 32.4 Å². The number of thioether (sulfide) groups is 1. The fourth-order valence-corrected chi connectivity index (χ4v) is 3.09. The molecule has 1 fully saturated rings. The Labute approximate surface area is 99.6 Å². The number of aromatic amines is 1. The Balaban J connectivity index is 1.89. The first-order valence-corrected chi connectivity index (χ1v) is 6.63. The lowest BCUT2D eigenvalue weighted by Gasteiger charge is -2.09. The molecule has 1 aromatic heterocycles. The lowest BCUT2D eigenvalue weighted by atomic mass is 10.2. The normalized spacial score (nSPS) is 20.0. The summed E-state index contributed by atoms with van der Waals surface area (Å²) in [6, 6.07) is 0. The SMILES string of the molecule is Cc1n[nH]c(C)c1CNC(=O)C1CCCS1. The van der Waals surface area contributed by atoms with Crippen LogP contribution in [0.4, 0.5) is 0 Å². The molecule has 88 valence electrons. The fourth-order valence-electron chi connectivity index (χ4n) is 1.91. The number of H-pyrrole nitrogens is 1. The van der Waals surface area contributed by atoms with Gasteiger partial charge in [0.25, 0.3) is 0 Å². The standard InChI is InChI=1S/C11H17N3OS/c1-7-9(8(2)14-13-7)6-12-11(15)10-4-3-5-16-10/h10H,3-6H2,1-2H3,(H,12,15)(H,13,14). The second kappa shape index (κ2) is 4.91. The largest absolute Gasteiger partial charge is 0.351 e. The van der Waals surface area contributed by atoms with Crippen LogP contribution in [-0.2, 0) is 11.3 Å². The number of rotatable bonds is 3. The van der Waals surface area contributed by atoms with Gasteiger partial charge in [-0.25, -0.2) is 0 Å². The van der Waals surface area contributed by atoms with Gasteiger partial charge in [0.05, 0.1) is 10.9 Å². The maximum absolute atomic E-state index is 11.8. The summed E-state index contributed by atoms with van der Waals surface area (Å²) in [5.74, 6) is 1.28. The van der Waals surface area contributed by atoms with Crippen LogP contribution in [0.1, 0.15) is 29.8 Å². The lowest BCUT2D eigenvalue weighted by Crippen LogP contribution is -2.31. The fraction of sp³-hybridized carbons (Fsp3) is 0.636. The van der Waals surface area contributed by atoms with Gasteiger partial charge in [-0.2, -0.15) is 5.10 Å². The number of hydrogen-bond donors (Lipinski definition) is 2. The minimum atomic E-state index is 0.160. The maximum atomic E-state index is 11.8. The van der Waals surface area contributed by atoms with E-state index in [1.807, 2.05) is 13.8 Å². The van der Waals surface area contributed by atoms with Gasteiger partial charge >= 0.3 is 0 Å². The molecule has 16 heavy (non-hydrogen) atoms. The first-order chi connectivity index (χ1) is 7.68. The Morgan fingerprint density at radius 2 is 2.44 bits per heavy atom. The Hall–Kier alpha value is -0.970. The zero-order valence-corrected chi connectivity index (χ0v) is 10.5. The predicted molar refractivity (Wildman–Crippen MR) is 65.4 cm³/mol. The number of hydrogen-bond acceptors (Lipinski definition) is 3. The summed E-state index contributed by atoms with van der Waals surface area (Å²) >= 11 is 1.76. The van der Waals surface area contributed by atoms with E-state index in [9.17, 15) is 4.79 Å².